The van der Waals surface area contributed by atoms with Crippen LogP contribution in [0.4, 0.5) is 0 Å². The lowest BCUT2D eigenvalue weighted by molar-refractivity contribution is 0.478. The molecule has 1 nitrogen and oxygen atoms in total. The fraction of sp³-hybridized carbons (Fsp3) is 0.438. The van der Waals surface area contributed by atoms with Crippen LogP contribution in [-0.4, -0.2) is 4.98 Å². The van der Waals surface area contributed by atoms with Crippen molar-refractivity contribution in [1.29, 1.82) is 0 Å². The zero-order valence-electron chi connectivity index (χ0n) is 10.3. The molecule has 0 amide bonds. The summed E-state index contributed by atoms with van der Waals surface area (Å²) in [6, 6.07) is 8.76. The molecule has 2 aromatic rings. The van der Waals surface area contributed by atoms with Crippen molar-refractivity contribution in [2.45, 2.75) is 32.1 Å². The van der Waals surface area contributed by atoms with Crippen LogP contribution in [0.25, 0.3) is 10.9 Å². The highest BCUT2D eigenvalue weighted by molar-refractivity contribution is 9.10. The third-order valence-corrected chi connectivity index (χ3v) is 4.80. The van der Waals surface area contributed by atoms with Crippen LogP contribution in [0.1, 0.15) is 30.5 Å². The van der Waals surface area contributed by atoms with Crippen LogP contribution >= 0.6 is 15.9 Å². The van der Waals surface area contributed by atoms with Crippen molar-refractivity contribution in [3.05, 3.63) is 40.0 Å². The van der Waals surface area contributed by atoms with Gasteiger partial charge in [0.15, 0.2) is 0 Å². The number of nitrogens with zero attached hydrogens (tertiary/aromatic N) is 1. The van der Waals surface area contributed by atoms with Crippen molar-refractivity contribution >= 4 is 26.8 Å². The summed E-state index contributed by atoms with van der Waals surface area (Å²) in [5.41, 5.74) is 3.98. The first-order valence-corrected chi connectivity index (χ1v) is 7.65. The lowest BCUT2D eigenvalue weighted by atomic mass is 9.99. The average molecular weight is 302 g/mol. The summed E-state index contributed by atoms with van der Waals surface area (Å²) in [5, 5.41) is 1.28. The quantitative estimate of drug-likeness (QED) is 0.795. The van der Waals surface area contributed by atoms with Gasteiger partial charge in [0.1, 0.15) is 0 Å². The van der Waals surface area contributed by atoms with E-state index in [2.05, 4.69) is 40.2 Å². The van der Waals surface area contributed by atoms with Crippen LogP contribution in [0.5, 0.6) is 0 Å². The molecule has 0 aliphatic heterocycles. The van der Waals surface area contributed by atoms with Gasteiger partial charge in [0.25, 0.3) is 0 Å². The number of pyridine rings is 1. The topological polar surface area (TPSA) is 12.9 Å². The molecule has 1 heterocycles. The Labute approximate surface area is 116 Å². The van der Waals surface area contributed by atoms with E-state index in [9.17, 15) is 0 Å². The van der Waals surface area contributed by atoms with E-state index < -0.39 is 0 Å². The summed E-state index contributed by atoms with van der Waals surface area (Å²) in [4.78, 5) is 4.86. The van der Waals surface area contributed by atoms with Crippen molar-refractivity contribution in [2.24, 2.45) is 11.8 Å². The first kappa shape index (κ1) is 11.0. The van der Waals surface area contributed by atoms with E-state index in [1.165, 1.54) is 48.7 Å². The molecule has 2 aliphatic carbocycles. The van der Waals surface area contributed by atoms with Crippen molar-refractivity contribution in [3.63, 3.8) is 0 Å². The fourth-order valence-corrected chi connectivity index (χ4v) is 3.57. The van der Waals surface area contributed by atoms with Crippen molar-refractivity contribution in [2.75, 3.05) is 0 Å². The molecule has 0 radical (unpaired) electrons. The molecule has 0 N–H and O–H groups in total. The second kappa shape index (κ2) is 4.06. The Morgan fingerprint density at radius 1 is 1.11 bits per heavy atom. The summed E-state index contributed by atoms with van der Waals surface area (Å²) in [7, 11) is 0. The van der Waals surface area contributed by atoms with Crippen molar-refractivity contribution in [3.8, 4) is 0 Å². The summed E-state index contributed by atoms with van der Waals surface area (Å²) < 4.78 is 1.12. The van der Waals surface area contributed by atoms with E-state index in [1.54, 1.807) is 0 Å². The summed E-state index contributed by atoms with van der Waals surface area (Å²) in [6.07, 6.45) is 6.82. The SMILES string of the molecule is Brc1ccc2cc3c(nc2c1)C[C@H](CC1CC1)C3. The molecule has 92 valence electrons. The second-order valence-electron chi connectivity index (χ2n) is 5.88. The highest BCUT2D eigenvalue weighted by Gasteiger charge is 2.30. The number of hydrogen-bond donors (Lipinski definition) is 0. The second-order valence-corrected chi connectivity index (χ2v) is 6.80. The predicted molar refractivity (Wildman–Crippen MR) is 77.7 cm³/mol. The average Bonchev–Trinajstić information content (AvgIpc) is 3.05. The van der Waals surface area contributed by atoms with Gasteiger partial charge < -0.3 is 0 Å². The Morgan fingerprint density at radius 3 is 2.83 bits per heavy atom. The molecule has 0 bridgehead atoms. The first-order valence-electron chi connectivity index (χ1n) is 6.86. The van der Waals surface area contributed by atoms with Crippen molar-refractivity contribution in [1.82, 2.24) is 4.98 Å². The maximum Gasteiger partial charge on any atom is 0.0716 e. The van der Waals surface area contributed by atoms with Crippen LogP contribution < -0.4 is 0 Å². The lowest BCUT2D eigenvalue weighted by Gasteiger charge is -2.05. The summed E-state index contributed by atoms with van der Waals surface area (Å²) >= 11 is 3.53. The molecule has 1 saturated carbocycles. The Bertz CT molecular complexity index is 616. The van der Waals surface area contributed by atoms with Gasteiger partial charge in [0.2, 0.25) is 0 Å². The monoisotopic (exact) mass is 301 g/mol. The Hall–Kier alpha value is -0.890. The van der Waals surface area contributed by atoms with Crippen LogP contribution in [0, 0.1) is 11.8 Å². The van der Waals surface area contributed by atoms with Crippen LogP contribution in [-0.2, 0) is 12.8 Å². The van der Waals surface area contributed by atoms with Gasteiger partial charge in [0.05, 0.1) is 5.52 Å². The Balaban J connectivity index is 1.69. The summed E-state index contributed by atoms with van der Waals surface area (Å²) in [5.74, 6) is 1.90. The number of rotatable bonds is 2. The minimum Gasteiger partial charge on any atom is -0.253 e. The van der Waals surface area contributed by atoms with Gasteiger partial charge in [-0.25, -0.2) is 0 Å². The number of aromatic nitrogens is 1. The zero-order chi connectivity index (χ0) is 12.1. The predicted octanol–water partition coefficient (Wildman–Crippen LogP) is 4.51. The maximum absolute atomic E-state index is 4.86. The highest BCUT2D eigenvalue weighted by atomic mass is 79.9. The molecule has 4 rings (SSSR count). The standard InChI is InChI=1S/C16H16BrN/c17-14-4-3-12-8-13-6-11(5-10-1-2-10)7-15(13)18-16(12)9-14/h3-4,8-11H,1-2,5-7H2/t11-/m1/s1. The van der Waals surface area contributed by atoms with Gasteiger partial charge in [-0.15, -0.1) is 0 Å². The molecule has 2 aliphatic rings. The van der Waals surface area contributed by atoms with Gasteiger partial charge in [-0.2, -0.15) is 0 Å². The van der Waals surface area contributed by atoms with E-state index in [0.717, 1.165) is 21.8 Å². The van der Waals surface area contributed by atoms with E-state index in [1.807, 2.05) is 0 Å². The van der Waals surface area contributed by atoms with Crippen LogP contribution in [0.3, 0.4) is 0 Å². The van der Waals surface area contributed by atoms with E-state index in [0.29, 0.717) is 0 Å². The normalized spacial score (nSPS) is 22.4. The lowest BCUT2D eigenvalue weighted by Crippen LogP contribution is -2.00. The highest BCUT2D eigenvalue weighted by Crippen LogP contribution is 2.40. The number of halogens is 1. The van der Waals surface area contributed by atoms with E-state index in [-0.39, 0.29) is 0 Å². The molecule has 2 heteroatoms. The number of fused-ring (bicyclic) bond motifs is 2. The minimum atomic E-state index is 0.861. The Morgan fingerprint density at radius 2 is 2.00 bits per heavy atom. The summed E-state index contributed by atoms with van der Waals surface area (Å²) in [6.45, 7) is 0. The molecule has 1 atom stereocenters. The van der Waals surface area contributed by atoms with Crippen LogP contribution in [0.15, 0.2) is 28.7 Å². The molecule has 0 spiro atoms. The van der Waals surface area contributed by atoms with Crippen molar-refractivity contribution < 1.29 is 0 Å². The molecule has 1 aromatic heterocycles. The third-order valence-electron chi connectivity index (χ3n) is 4.30. The number of hydrogen-bond acceptors (Lipinski definition) is 1. The molecular formula is C16H16BrN. The van der Waals surface area contributed by atoms with Crippen LogP contribution in [0.2, 0.25) is 0 Å². The van der Waals surface area contributed by atoms with Gasteiger partial charge in [0, 0.05) is 15.6 Å². The van der Waals surface area contributed by atoms with Gasteiger partial charge >= 0.3 is 0 Å². The zero-order valence-corrected chi connectivity index (χ0v) is 11.9. The van der Waals surface area contributed by atoms with Gasteiger partial charge in [-0.3, -0.25) is 4.98 Å². The molecule has 0 unspecified atom stereocenters. The fourth-order valence-electron chi connectivity index (χ4n) is 3.23. The molecule has 1 aromatic carbocycles. The molecule has 1 fully saturated rings. The smallest absolute Gasteiger partial charge is 0.0716 e. The largest absolute Gasteiger partial charge is 0.253 e. The number of benzene rings is 1. The van der Waals surface area contributed by atoms with E-state index in [4.69, 9.17) is 4.98 Å². The van der Waals surface area contributed by atoms with E-state index >= 15 is 0 Å². The molecule has 18 heavy (non-hydrogen) atoms. The maximum atomic E-state index is 4.86. The van der Waals surface area contributed by atoms with Gasteiger partial charge in [-0.05, 0) is 54.9 Å². The van der Waals surface area contributed by atoms with Gasteiger partial charge in [-0.1, -0.05) is 34.8 Å². The first-order chi connectivity index (χ1) is 8.78. The molecule has 0 saturated heterocycles. The molecular weight excluding hydrogens is 286 g/mol. The minimum absolute atomic E-state index is 0.861. The Kier molecular flexibility index (Phi) is 2.47. The third kappa shape index (κ3) is 1.97.